The van der Waals surface area contributed by atoms with Crippen LogP contribution < -0.4 is 0 Å². The van der Waals surface area contributed by atoms with Crippen LogP contribution in [0.1, 0.15) is 41.7 Å². The summed E-state index contributed by atoms with van der Waals surface area (Å²) >= 11 is 7.67. The van der Waals surface area contributed by atoms with Gasteiger partial charge >= 0.3 is 6.55 Å². The molecule has 6 nitrogen and oxygen atoms in total. The zero-order chi connectivity index (χ0) is 24.0. The zero-order valence-corrected chi connectivity index (χ0v) is 18.9. The number of rotatable bonds is 5. The van der Waals surface area contributed by atoms with E-state index in [9.17, 15) is 18.4 Å². The number of hydrogen-bond acceptors (Lipinski definition) is 6. The maximum atomic E-state index is 15.7. The van der Waals surface area contributed by atoms with Crippen molar-refractivity contribution in [1.82, 2.24) is 19.7 Å². The van der Waals surface area contributed by atoms with E-state index in [1.165, 1.54) is 29.5 Å². The molecule has 1 saturated heterocycles. The van der Waals surface area contributed by atoms with E-state index in [0.717, 1.165) is 12.3 Å². The number of amidine groups is 1. The van der Waals surface area contributed by atoms with E-state index in [1.807, 2.05) is 6.07 Å². The summed E-state index contributed by atoms with van der Waals surface area (Å²) < 4.78 is 56.6. The molecule has 1 fully saturated rings. The smallest absolute Gasteiger partial charge is 0.324 e. The van der Waals surface area contributed by atoms with Crippen LogP contribution in [0.15, 0.2) is 52.7 Å². The van der Waals surface area contributed by atoms with Crippen molar-refractivity contribution in [2.75, 3.05) is 6.54 Å². The number of halogens is 5. The SMILES string of the molecule is N#CC[C@@]1(F)CC2=C(c3ccn(C(F)F)n3)[C@H](c3ccc(F)cc3Cl)N=C(c3nccs3)N2C1. The van der Waals surface area contributed by atoms with Gasteiger partial charge in [-0.1, -0.05) is 17.7 Å². The Hall–Kier alpha value is -3.23. The second kappa shape index (κ2) is 8.52. The van der Waals surface area contributed by atoms with Crippen molar-refractivity contribution in [1.29, 1.82) is 5.26 Å². The van der Waals surface area contributed by atoms with E-state index < -0.39 is 24.1 Å². The van der Waals surface area contributed by atoms with E-state index in [0.29, 0.717) is 32.4 Å². The van der Waals surface area contributed by atoms with Crippen LogP contribution in [0.25, 0.3) is 5.57 Å². The predicted octanol–water partition coefficient (Wildman–Crippen LogP) is 5.77. The van der Waals surface area contributed by atoms with Crippen molar-refractivity contribution in [3.05, 3.63) is 74.8 Å². The topological polar surface area (TPSA) is 70.1 Å². The van der Waals surface area contributed by atoms with E-state index in [1.54, 1.807) is 16.5 Å². The van der Waals surface area contributed by atoms with Gasteiger partial charge in [0.05, 0.1) is 24.7 Å². The first-order chi connectivity index (χ1) is 16.3. The van der Waals surface area contributed by atoms with Crippen molar-refractivity contribution < 1.29 is 17.6 Å². The second-order valence-electron chi connectivity index (χ2n) is 7.93. The third kappa shape index (κ3) is 3.86. The summed E-state index contributed by atoms with van der Waals surface area (Å²) in [6.45, 7) is -3.03. The lowest BCUT2D eigenvalue weighted by molar-refractivity contribution is 0.0564. The molecule has 5 rings (SSSR count). The molecule has 0 bridgehead atoms. The van der Waals surface area contributed by atoms with E-state index in [-0.39, 0.29) is 30.1 Å². The molecule has 0 radical (unpaired) electrons. The van der Waals surface area contributed by atoms with E-state index >= 15 is 4.39 Å². The normalized spacial score (nSPS) is 22.2. The summed E-state index contributed by atoms with van der Waals surface area (Å²) in [7, 11) is 0. The molecule has 174 valence electrons. The first-order valence-electron chi connectivity index (χ1n) is 10.1. The van der Waals surface area contributed by atoms with Gasteiger partial charge in [-0.25, -0.2) is 18.4 Å². The van der Waals surface area contributed by atoms with Gasteiger partial charge in [0.1, 0.15) is 17.5 Å². The Morgan fingerprint density at radius 3 is 2.79 bits per heavy atom. The fourth-order valence-corrected chi connectivity index (χ4v) is 5.19. The van der Waals surface area contributed by atoms with Crippen LogP contribution in [-0.4, -0.2) is 37.7 Å². The molecule has 0 spiro atoms. The van der Waals surface area contributed by atoms with Gasteiger partial charge in [-0.3, -0.25) is 4.99 Å². The van der Waals surface area contributed by atoms with Crippen molar-refractivity contribution in [3.63, 3.8) is 0 Å². The Labute approximate surface area is 200 Å². The lowest BCUT2D eigenvalue weighted by Gasteiger charge is -2.32. The Balaban J connectivity index is 1.76. The fraction of sp³-hybridized carbons (Fsp3) is 0.273. The molecule has 2 aromatic heterocycles. The molecular weight excluding hydrogens is 492 g/mol. The number of nitrogens with zero attached hydrogens (tertiary/aromatic N) is 6. The Morgan fingerprint density at radius 2 is 2.15 bits per heavy atom. The van der Waals surface area contributed by atoms with Gasteiger partial charge in [-0.2, -0.15) is 19.1 Å². The standard InChI is InChI=1S/C22H15ClF4N6S/c23-14-9-12(24)1-2-13(14)18-17(15-3-7-33(31-15)21(25)26)16-10-22(27,4-5-28)11-32(16)19(30-18)20-29-6-8-34-20/h1-3,6-9,18,21H,4,10-11H2/t18-,22+/m0/s1. The molecule has 1 aromatic carbocycles. The van der Waals surface area contributed by atoms with Gasteiger partial charge in [-0.05, 0) is 18.2 Å². The predicted molar refractivity (Wildman–Crippen MR) is 119 cm³/mol. The number of nitriles is 1. The number of hydrogen-bond donors (Lipinski definition) is 0. The monoisotopic (exact) mass is 506 g/mol. The Kier molecular flexibility index (Phi) is 5.65. The first kappa shape index (κ1) is 22.6. The fourth-order valence-electron chi connectivity index (χ4n) is 4.28. The minimum atomic E-state index is -2.87. The van der Waals surface area contributed by atoms with Gasteiger partial charge in [-0.15, -0.1) is 11.3 Å². The molecule has 4 heterocycles. The molecule has 2 atom stereocenters. The maximum Gasteiger partial charge on any atom is 0.333 e. The molecule has 0 saturated carbocycles. The molecule has 2 aliphatic heterocycles. The average Bonchev–Trinajstić information content (AvgIpc) is 3.53. The van der Waals surface area contributed by atoms with Crippen LogP contribution in [0.5, 0.6) is 0 Å². The highest BCUT2D eigenvalue weighted by molar-refractivity contribution is 7.11. The lowest BCUT2D eigenvalue weighted by atomic mass is 9.91. The van der Waals surface area contributed by atoms with Crippen molar-refractivity contribution in [2.45, 2.75) is 31.1 Å². The van der Waals surface area contributed by atoms with Crippen LogP contribution in [0.2, 0.25) is 5.02 Å². The third-order valence-electron chi connectivity index (χ3n) is 5.70. The minimum absolute atomic E-state index is 0.0774. The minimum Gasteiger partial charge on any atom is -0.324 e. The maximum absolute atomic E-state index is 15.7. The Morgan fingerprint density at radius 1 is 1.32 bits per heavy atom. The number of aromatic nitrogens is 3. The van der Waals surface area contributed by atoms with E-state index in [4.69, 9.17) is 16.6 Å². The van der Waals surface area contributed by atoms with Crippen LogP contribution >= 0.6 is 22.9 Å². The summed E-state index contributed by atoms with van der Waals surface area (Å²) in [5.41, 5.74) is -0.509. The van der Waals surface area contributed by atoms with Gasteiger partial charge in [0, 0.05) is 46.1 Å². The number of benzene rings is 1. The molecule has 34 heavy (non-hydrogen) atoms. The molecule has 0 unspecified atom stereocenters. The van der Waals surface area contributed by atoms with Crippen LogP contribution in [0.3, 0.4) is 0 Å². The first-order valence-corrected chi connectivity index (χ1v) is 11.4. The second-order valence-corrected chi connectivity index (χ2v) is 9.23. The highest BCUT2D eigenvalue weighted by Crippen LogP contribution is 2.49. The number of fused-ring (bicyclic) bond motifs is 1. The summed E-state index contributed by atoms with van der Waals surface area (Å²) in [4.78, 5) is 10.7. The highest BCUT2D eigenvalue weighted by atomic mass is 35.5. The van der Waals surface area contributed by atoms with Gasteiger partial charge in [0.2, 0.25) is 0 Å². The van der Waals surface area contributed by atoms with Crippen LogP contribution in [-0.2, 0) is 0 Å². The van der Waals surface area contributed by atoms with Crippen LogP contribution in [0.4, 0.5) is 17.6 Å². The summed E-state index contributed by atoms with van der Waals surface area (Å²) in [6.07, 6.45) is 2.18. The number of aliphatic imine (C=N–C) groups is 1. The van der Waals surface area contributed by atoms with Gasteiger partial charge in [0.25, 0.3) is 0 Å². The van der Waals surface area contributed by atoms with Gasteiger partial charge in [0.15, 0.2) is 10.8 Å². The highest BCUT2D eigenvalue weighted by Gasteiger charge is 2.48. The number of alkyl halides is 3. The molecular formula is C22H15ClF4N6S. The molecule has 12 heteroatoms. The molecule has 0 amide bonds. The van der Waals surface area contributed by atoms with Gasteiger partial charge < -0.3 is 4.90 Å². The largest absolute Gasteiger partial charge is 0.333 e. The number of thiazole rings is 1. The zero-order valence-electron chi connectivity index (χ0n) is 17.3. The van der Waals surface area contributed by atoms with Crippen molar-refractivity contribution >= 4 is 34.3 Å². The third-order valence-corrected chi connectivity index (χ3v) is 6.80. The van der Waals surface area contributed by atoms with Crippen LogP contribution in [0, 0.1) is 17.1 Å². The summed E-state index contributed by atoms with van der Waals surface area (Å²) in [6, 6.07) is 6.20. The van der Waals surface area contributed by atoms with Crippen molar-refractivity contribution in [3.8, 4) is 6.07 Å². The lowest BCUT2D eigenvalue weighted by Crippen LogP contribution is -2.36. The van der Waals surface area contributed by atoms with Crippen molar-refractivity contribution in [2.24, 2.45) is 4.99 Å². The average molecular weight is 507 g/mol. The Bertz CT molecular complexity index is 1350. The summed E-state index contributed by atoms with van der Waals surface area (Å²) in [5, 5.41) is 15.5. The number of allylic oxidation sites excluding steroid dienone is 1. The molecule has 3 aromatic rings. The van der Waals surface area contributed by atoms with E-state index in [2.05, 4.69) is 10.1 Å². The molecule has 2 aliphatic rings. The molecule has 0 N–H and O–H groups in total. The summed E-state index contributed by atoms with van der Waals surface area (Å²) in [5.74, 6) is -0.186. The quantitative estimate of drug-likeness (QED) is 0.412. The molecule has 0 aliphatic carbocycles.